The van der Waals surface area contributed by atoms with E-state index >= 15 is 0 Å². The van der Waals surface area contributed by atoms with Crippen LogP contribution in [0.15, 0.2) is 47.4 Å². The van der Waals surface area contributed by atoms with E-state index in [2.05, 4.69) is 15.4 Å². The SMILES string of the molecule is Cc1nn(CC(=O)NCc2cccnc2N(C)C)c(=O)c2ccccc12. The first-order valence-corrected chi connectivity index (χ1v) is 8.31. The lowest BCUT2D eigenvalue weighted by molar-refractivity contribution is -0.122. The summed E-state index contributed by atoms with van der Waals surface area (Å²) < 4.78 is 1.21. The normalized spacial score (nSPS) is 10.7. The maximum Gasteiger partial charge on any atom is 0.275 e. The Morgan fingerprint density at radius 2 is 1.88 bits per heavy atom. The highest BCUT2D eigenvalue weighted by molar-refractivity contribution is 5.83. The van der Waals surface area contributed by atoms with Gasteiger partial charge in [0.2, 0.25) is 5.91 Å². The Labute approximate surface area is 151 Å². The first kappa shape index (κ1) is 17.6. The molecule has 26 heavy (non-hydrogen) atoms. The second-order valence-corrected chi connectivity index (χ2v) is 6.25. The van der Waals surface area contributed by atoms with Crippen LogP contribution in [0.4, 0.5) is 5.82 Å². The van der Waals surface area contributed by atoms with E-state index in [0.717, 1.165) is 22.5 Å². The molecule has 0 aliphatic heterocycles. The minimum absolute atomic E-state index is 0.123. The summed E-state index contributed by atoms with van der Waals surface area (Å²) >= 11 is 0. The second kappa shape index (κ2) is 7.35. The van der Waals surface area contributed by atoms with Crippen molar-refractivity contribution in [3.05, 3.63) is 64.2 Å². The quantitative estimate of drug-likeness (QED) is 0.753. The number of aryl methyl sites for hydroxylation is 1. The van der Waals surface area contributed by atoms with E-state index in [-0.39, 0.29) is 18.0 Å². The maximum absolute atomic E-state index is 12.5. The molecule has 0 aliphatic carbocycles. The molecule has 2 aromatic heterocycles. The van der Waals surface area contributed by atoms with Crippen molar-refractivity contribution in [1.29, 1.82) is 0 Å². The van der Waals surface area contributed by atoms with Crippen LogP contribution in [0.25, 0.3) is 10.8 Å². The van der Waals surface area contributed by atoms with Crippen molar-refractivity contribution in [3.8, 4) is 0 Å². The zero-order valence-electron chi connectivity index (χ0n) is 15.1. The number of benzene rings is 1. The van der Waals surface area contributed by atoms with Crippen LogP contribution in [-0.2, 0) is 17.9 Å². The molecule has 0 saturated carbocycles. The third-order valence-corrected chi connectivity index (χ3v) is 4.11. The molecule has 7 nitrogen and oxygen atoms in total. The number of nitrogens with zero attached hydrogens (tertiary/aromatic N) is 4. The van der Waals surface area contributed by atoms with Crippen molar-refractivity contribution in [2.24, 2.45) is 0 Å². The molecule has 1 aromatic carbocycles. The Morgan fingerprint density at radius 3 is 2.62 bits per heavy atom. The standard InChI is InChI=1S/C19H21N5O2/c1-13-15-8-4-5-9-16(15)19(26)24(22-13)12-17(25)21-11-14-7-6-10-20-18(14)23(2)3/h4-10H,11-12H2,1-3H3,(H,21,25). The molecule has 0 saturated heterocycles. The van der Waals surface area contributed by atoms with Crippen molar-refractivity contribution in [2.75, 3.05) is 19.0 Å². The van der Waals surface area contributed by atoms with E-state index in [4.69, 9.17) is 0 Å². The molecule has 3 aromatic rings. The number of carbonyl (C=O) groups is 1. The van der Waals surface area contributed by atoms with Gasteiger partial charge in [-0.3, -0.25) is 9.59 Å². The fraction of sp³-hybridized carbons (Fsp3) is 0.263. The van der Waals surface area contributed by atoms with Gasteiger partial charge in [-0.2, -0.15) is 5.10 Å². The molecule has 0 aliphatic rings. The summed E-state index contributed by atoms with van der Waals surface area (Å²) in [6, 6.07) is 11.0. The van der Waals surface area contributed by atoms with Crippen LogP contribution in [0, 0.1) is 6.92 Å². The molecule has 7 heteroatoms. The van der Waals surface area contributed by atoms with E-state index < -0.39 is 0 Å². The van der Waals surface area contributed by atoms with Gasteiger partial charge in [0.1, 0.15) is 12.4 Å². The maximum atomic E-state index is 12.5. The zero-order valence-corrected chi connectivity index (χ0v) is 15.1. The zero-order chi connectivity index (χ0) is 18.7. The van der Waals surface area contributed by atoms with Gasteiger partial charge in [-0.1, -0.05) is 24.3 Å². The van der Waals surface area contributed by atoms with Crippen LogP contribution < -0.4 is 15.8 Å². The lowest BCUT2D eigenvalue weighted by atomic mass is 10.1. The molecular formula is C19H21N5O2. The molecule has 1 amide bonds. The van der Waals surface area contributed by atoms with E-state index in [1.54, 1.807) is 18.3 Å². The van der Waals surface area contributed by atoms with Crippen LogP contribution in [0.1, 0.15) is 11.3 Å². The highest BCUT2D eigenvalue weighted by Crippen LogP contribution is 2.14. The van der Waals surface area contributed by atoms with Crippen molar-refractivity contribution in [3.63, 3.8) is 0 Å². The molecule has 134 valence electrons. The van der Waals surface area contributed by atoms with Crippen LogP contribution in [-0.4, -0.2) is 34.8 Å². The lowest BCUT2D eigenvalue weighted by Crippen LogP contribution is -2.34. The van der Waals surface area contributed by atoms with Gasteiger partial charge in [-0.25, -0.2) is 9.67 Å². The molecule has 0 bridgehead atoms. The molecule has 2 heterocycles. The first-order valence-electron chi connectivity index (χ1n) is 8.31. The van der Waals surface area contributed by atoms with Crippen molar-refractivity contribution in [2.45, 2.75) is 20.0 Å². The van der Waals surface area contributed by atoms with Crippen LogP contribution >= 0.6 is 0 Å². The monoisotopic (exact) mass is 351 g/mol. The summed E-state index contributed by atoms with van der Waals surface area (Å²) in [6.45, 7) is 2.04. The smallest absolute Gasteiger partial charge is 0.275 e. The van der Waals surface area contributed by atoms with Crippen molar-refractivity contribution < 1.29 is 4.79 Å². The lowest BCUT2D eigenvalue weighted by Gasteiger charge is -2.16. The van der Waals surface area contributed by atoms with Crippen LogP contribution in [0.5, 0.6) is 0 Å². The predicted molar refractivity (Wildman–Crippen MR) is 101 cm³/mol. The van der Waals surface area contributed by atoms with Gasteiger partial charge in [0.05, 0.1) is 11.1 Å². The highest BCUT2D eigenvalue weighted by Gasteiger charge is 2.12. The number of amides is 1. The van der Waals surface area contributed by atoms with Crippen LogP contribution in [0.3, 0.4) is 0 Å². The molecule has 3 rings (SSSR count). The molecule has 0 spiro atoms. The van der Waals surface area contributed by atoms with E-state index in [1.165, 1.54) is 4.68 Å². The second-order valence-electron chi connectivity index (χ2n) is 6.25. The minimum atomic E-state index is -0.275. The van der Waals surface area contributed by atoms with E-state index in [0.29, 0.717) is 11.9 Å². The predicted octanol–water partition coefficient (Wildman–Crippen LogP) is 1.48. The number of hydrogen-bond acceptors (Lipinski definition) is 5. The molecule has 0 atom stereocenters. The average molecular weight is 351 g/mol. The topological polar surface area (TPSA) is 80.1 Å². The number of nitrogens with one attached hydrogen (secondary N) is 1. The largest absolute Gasteiger partial charge is 0.362 e. The Hall–Kier alpha value is -3.22. The van der Waals surface area contributed by atoms with Gasteiger partial charge in [0.25, 0.3) is 5.56 Å². The van der Waals surface area contributed by atoms with Gasteiger partial charge >= 0.3 is 0 Å². The summed E-state index contributed by atoms with van der Waals surface area (Å²) in [5, 5.41) is 8.47. The summed E-state index contributed by atoms with van der Waals surface area (Å²) in [6.07, 6.45) is 1.71. The number of aromatic nitrogens is 3. The number of fused-ring (bicyclic) bond motifs is 1. The molecule has 1 N–H and O–H groups in total. The fourth-order valence-electron chi connectivity index (χ4n) is 2.87. The molecule has 0 unspecified atom stereocenters. The van der Waals surface area contributed by atoms with Gasteiger partial charge in [0, 0.05) is 37.8 Å². The average Bonchev–Trinajstić information content (AvgIpc) is 2.64. The number of hydrogen-bond donors (Lipinski definition) is 1. The summed E-state index contributed by atoms with van der Waals surface area (Å²) in [7, 11) is 3.80. The van der Waals surface area contributed by atoms with E-state index in [9.17, 15) is 9.59 Å². The third-order valence-electron chi connectivity index (χ3n) is 4.11. The Balaban J connectivity index is 1.76. The van der Waals surface area contributed by atoms with Crippen molar-refractivity contribution >= 4 is 22.5 Å². The minimum Gasteiger partial charge on any atom is -0.362 e. The molecular weight excluding hydrogens is 330 g/mol. The molecule has 0 radical (unpaired) electrons. The van der Waals surface area contributed by atoms with Gasteiger partial charge in [-0.05, 0) is 19.1 Å². The van der Waals surface area contributed by atoms with E-state index in [1.807, 2.05) is 50.2 Å². The van der Waals surface area contributed by atoms with Gasteiger partial charge < -0.3 is 10.2 Å². The van der Waals surface area contributed by atoms with Gasteiger partial charge in [0.15, 0.2) is 0 Å². The fourth-order valence-corrected chi connectivity index (χ4v) is 2.87. The summed E-state index contributed by atoms with van der Waals surface area (Å²) in [5.74, 6) is 0.521. The number of anilines is 1. The van der Waals surface area contributed by atoms with Crippen molar-refractivity contribution in [1.82, 2.24) is 20.1 Å². The Morgan fingerprint density at radius 1 is 1.15 bits per heavy atom. The summed E-state index contributed by atoms with van der Waals surface area (Å²) in [5.41, 5.74) is 1.35. The summed E-state index contributed by atoms with van der Waals surface area (Å²) in [4.78, 5) is 31.1. The first-order chi connectivity index (χ1) is 12.5. The number of carbonyl (C=O) groups excluding carboxylic acids is 1. The Bertz CT molecular complexity index is 1010. The molecule has 0 fully saturated rings. The Kier molecular flexibility index (Phi) is 4.97. The number of pyridine rings is 1. The van der Waals surface area contributed by atoms with Gasteiger partial charge in [-0.15, -0.1) is 0 Å². The highest BCUT2D eigenvalue weighted by atomic mass is 16.2. The third kappa shape index (κ3) is 3.56. The van der Waals surface area contributed by atoms with Crippen LogP contribution in [0.2, 0.25) is 0 Å². The number of rotatable bonds is 5.